The molecule has 6 aromatic rings. The van der Waals surface area contributed by atoms with Gasteiger partial charge in [0, 0.05) is 36.8 Å². The van der Waals surface area contributed by atoms with E-state index in [4.69, 9.17) is 35.4 Å². The van der Waals surface area contributed by atoms with Crippen LogP contribution in [-0.4, -0.2) is 62.7 Å². The number of fused-ring (bicyclic) bond motifs is 1. The number of benzene rings is 4. The van der Waals surface area contributed by atoms with Crippen molar-refractivity contribution in [2.24, 2.45) is 11.5 Å². The van der Waals surface area contributed by atoms with Gasteiger partial charge in [0.25, 0.3) is 11.6 Å². The largest absolute Gasteiger partial charge is 0.497 e. The van der Waals surface area contributed by atoms with Crippen LogP contribution in [0.25, 0.3) is 11.0 Å². The summed E-state index contributed by atoms with van der Waals surface area (Å²) in [6.07, 6.45) is 3.46. The van der Waals surface area contributed by atoms with Crippen LogP contribution in [0.15, 0.2) is 91.0 Å². The molecule has 18 nitrogen and oxygen atoms in total. The van der Waals surface area contributed by atoms with Gasteiger partial charge in [0.2, 0.25) is 17.8 Å². The van der Waals surface area contributed by atoms with Crippen LogP contribution in [0, 0.1) is 17.0 Å². The van der Waals surface area contributed by atoms with Crippen molar-refractivity contribution < 1.29 is 38.3 Å². The summed E-state index contributed by atoms with van der Waals surface area (Å²) in [6.45, 7) is 4.40. The van der Waals surface area contributed by atoms with E-state index in [0.717, 1.165) is 17.2 Å². The number of nitrogens with two attached hydrogens (primary N) is 2. The molecular formula is C42H43N9O9. The molecule has 2 heterocycles. The summed E-state index contributed by atoms with van der Waals surface area (Å²) in [6, 6.07) is 21.4. The highest BCUT2D eigenvalue weighted by Crippen LogP contribution is 2.37. The molecule has 4 aromatic carbocycles. The Morgan fingerprint density at radius 1 is 0.833 bits per heavy atom. The van der Waals surface area contributed by atoms with Crippen LogP contribution in [0.3, 0.4) is 0 Å². The number of nitro groups is 1. The lowest BCUT2D eigenvalue weighted by Crippen LogP contribution is -2.20. The van der Waals surface area contributed by atoms with Gasteiger partial charge >= 0.3 is 0 Å². The molecule has 0 fully saturated rings. The average Bonchev–Trinajstić information content (AvgIpc) is 3.81. The van der Waals surface area contributed by atoms with Gasteiger partial charge in [0.15, 0.2) is 11.4 Å². The van der Waals surface area contributed by atoms with E-state index in [0.29, 0.717) is 40.5 Å². The van der Waals surface area contributed by atoms with Crippen molar-refractivity contribution in [3.63, 3.8) is 0 Å². The molecule has 6 N–H and O–H groups in total. The van der Waals surface area contributed by atoms with Crippen LogP contribution in [-0.2, 0) is 26.3 Å². The van der Waals surface area contributed by atoms with Crippen molar-refractivity contribution in [3.05, 3.63) is 135 Å². The highest BCUT2D eigenvalue weighted by atomic mass is 16.6. The second kappa shape index (κ2) is 18.6. The Bertz CT molecular complexity index is 2580. The second-order valence-electron chi connectivity index (χ2n) is 13.3. The van der Waals surface area contributed by atoms with Crippen LogP contribution >= 0.6 is 0 Å². The summed E-state index contributed by atoms with van der Waals surface area (Å²) in [5.74, 6) is -0.270. The fourth-order valence-corrected chi connectivity index (χ4v) is 6.26. The number of primary amides is 2. The van der Waals surface area contributed by atoms with E-state index < -0.39 is 28.3 Å². The van der Waals surface area contributed by atoms with Crippen LogP contribution in [0.2, 0.25) is 0 Å². The van der Waals surface area contributed by atoms with Crippen LogP contribution in [0.5, 0.6) is 23.0 Å². The van der Waals surface area contributed by atoms with E-state index in [-0.39, 0.29) is 60.6 Å². The summed E-state index contributed by atoms with van der Waals surface area (Å²) in [5, 5.41) is 22.6. The number of allylic oxidation sites excluding steroid dienone is 1. The number of carbonyl (C=O) groups is 3. The lowest BCUT2D eigenvalue weighted by atomic mass is 10.1. The quantitative estimate of drug-likeness (QED) is 0.0433. The van der Waals surface area contributed by atoms with Gasteiger partial charge in [-0.1, -0.05) is 36.4 Å². The summed E-state index contributed by atoms with van der Waals surface area (Å²) in [4.78, 5) is 54.6. The summed E-state index contributed by atoms with van der Waals surface area (Å²) in [7, 11) is 3.12. The third-order valence-corrected chi connectivity index (χ3v) is 9.27. The number of imidazole rings is 1. The maximum Gasteiger partial charge on any atom is 0.296 e. The van der Waals surface area contributed by atoms with Crippen molar-refractivity contribution in [3.8, 4) is 23.0 Å². The number of ether oxygens (including phenoxy) is 4. The predicted octanol–water partition coefficient (Wildman–Crippen LogP) is 5.76. The van der Waals surface area contributed by atoms with E-state index >= 15 is 0 Å². The Hall–Kier alpha value is -7.89. The molecule has 0 atom stereocenters. The van der Waals surface area contributed by atoms with Gasteiger partial charge in [0.1, 0.15) is 41.7 Å². The zero-order chi connectivity index (χ0) is 42.9. The molecule has 0 aliphatic heterocycles. The topological polar surface area (TPSA) is 243 Å². The van der Waals surface area contributed by atoms with Gasteiger partial charge < -0.3 is 40.3 Å². The van der Waals surface area contributed by atoms with Gasteiger partial charge in [-0.2, -0.15) is 5.10 Å². The number of nitrogens with zero attached hydrogens (tertiary/aromatic N) is 5. The normalized spacial score (nSPS) is 11.1. The third kappa shape index (κ3) is 9.62. The van der Waals surface area contributed by atoms with Crippen molar-refractivity contribution in [2.45, 2.75) is 40.2 Å². The number of aromatic nitrogens is 4. The van der Waals surface area contributed by atoms with Crippen LogP contribution in [0.1, 0.15) is 54.9 Å². The van der Waals surface area contributed by atoms with E-state index in [2.05, 4.69) is 15.7 Å². The van der Waals surface area contributed by atoms with Crippen molar-refractivity contribution in [1.82, 2.24) is 19.3 Å². The van der Waals surface area contributed by atoms with Crippen molar-refractivity contribution in [2.75, 3.05) is 31.4 Å². The first kappa shape index (κ1) is 41.7. The maximum absolute atomic E-state index is 13.7. The standard InChI is InChI=1S/C42H43N9O9/c1-5-50-34(18-25(2)48-50)41(54)47-42-46-32-19-28(39(43)52)22-36(60-24-27-10-14-31(58-4)15-11-27)38(32)49(42)17-7-6-16-45-37-33(51(55)56)20-29(40(44)53)21-35(37)59-23-26-8-12-30(57-3)13-9-26/h6-15,18-22,45H,5,16-17,23-24H2,1-4H3,(H2,43,52)(H2,44,53)(H,46,47,54). The SMILES string of the molecule is CCn1nc(C)cc1C(=O)Nc1nc2cc(C(N)=O)cc(OCc3ccc(OC)cc3)c2n1CC=CCNc1c(OCc2ccc(OC)cc2)cc(C(N)=O)cc1[N+](=O)[O-]. The number of nitrogens with one attached hydrogen (secondary N) is 2. The molecule has 0 unspecified atom stereocenters. The molecule has 0 radical (unpaired) electrons. The minimum atomic E-state index is -0.862. The average molecular weight is 818 g/mol. The van der Waals surface area contributed by atoms with E-state index in [1.54, 1.807) is 85.0 Å². The number of carbonyl (C=O) groups excluding carboxylic acids is 3. The highest BCUT2D eigenvalue weighted by Gasteiger charge is 2.24. The molecule has 0 spiro atoms. The molecular weight excluding hydrogens is 775 g/mol. The molecule has 0 saturated heterocycles. The molecule has 3 amide bonds. The first-order valence-electron chi connectivity index (χ1n) is 18.6. The van der Waals surface area contributed by atoms with E-state index in [1.165, 1.54) is 18.2 Å². The molecule has 0 aliphatic rings. The summed E-state index contributed by atoms with van der Waals surface area (Å²) < 4.78 is 26.0. The highest BCUT2D eigenvalue weighted by molar-refractivity contribution is 6.04. The zero-order valence-corrected chi connectivity index (χ0v) is 33.3. The van der Waals surface area contributed by atoms with Gasteiger partial charge in [0.05, 0.1) is 30.4 Å². The van der Waals surface area contributed by atoms with Gasteiger partial charge in [-0.05, 0) is 73.5 Å². The lowest BCUT2D eigenvalue weighted by Gasteiger charge is -2.15. The molecule has 18 heteroatoms. The van der Waals surface area contributed by atoms with Gasteiger partial charge in [-0.25, -0.2) is 4.98 Å². The molecule has 6 rings (SSSR count). The minimum Gasteiger partial charge on any atom is -0.497 e. The molecule has 310 valence electrons. The second-order valence-corrected chi connectivity index (χ2v) is 13.3. The Morgan fingerprint density at radius 3 is 1.98 bits per heavy atom. The monoisotopic (exact) mass is 817 g/mol. The zero-order valence-electron chi connectivity index (χ0n) is 33.3. The molecule has 60 heavy (non-hydrogen) atoms. The number of aryl methyl sites for hydroxylation is 2. The number of methoxy groups -OCH3 is 2. The lowest BCUT2D eigenvalue weighted by molar-refractivity contribution is -0.384. The maximum atomic E-state index is 13.7. The molecule has 0 aliphatic carbocycles. The first-order chi connectivity index (χ1) is 28.9. The van der Waals surface area contributed by atoms with E-state index in [1.807, 2.05) is 19.1 Å². The van der Waals surface area contributed by atoms with E-state index in [9.17, 15) is 24.5 Å². The Labute approximate surface area is 343 Å². The van der Waals surface area contributed by atoms with Crippen LogP contribution in [0.4, 0.5) is 17.3 Å². The summed E-state index contributed by atoms with van der Waals surface area (Å²) in [5.41, 5.74) is 14.2. The Balaban J connectivity index is 1.32. The van der Waals surface area contributed by atoms with Crippen molar-refractivity contribution in [1.29, 1.82) is 0 Å². The number of hydrogen-bond acceptors (Lipinski definition) is 12. The number of anilines is 2. The van der Waals surface area contributed by atoms with Gasteiger partial charge in [-0.3, -0.25) is 34.5 Å². The Kier molecular flexibility index (Phi) is 12.9. The molecule has 0 bridgehead atoms. The number of amides is 3. The predicted molar refractivity (Wildman–Crippen MR) is 223 cm³/mol. The number of nitro benzene ring substituents is 1. The van der Waals surface area contributed by atoms with Crippen LogP contribution < -0.4 is 41.0 Å². The molecule has 2 aromatic heterocycles. The molecule has 0 saturated carbocycles. The fraction of sp³-hybridized carbons (Fsp3) is 0.214. The number of rotatable bonds is 19. The smallest absolute Gasteiger partial charge is 0.296 e. The first-order valence-corrected chi connectivity index (χ1v) is 18.6. The fourth-order valence-electron chi connectivity index (χ4n) is 6.26. The van der Waals surface area contributed by atoms with Crippen molar-refractivity contribution >= 4 is 46.1 Å². The summed E-state index contributed by atoms with van der Waals surface area (Å²) >= 11 is 0. The minimum absolute atomic E-state index is 0.0229. The number of hydrogen-bond donors (Lipinski definition) is 4. The third-order valence-electron chi connectivity index (χ3n) is 9.27. The van der Waals surface area contributed by atoms with Gasteiger partial charge in [-0.15, -0.1) is 0 Å². The Morgan fingerprint density at radius 2 is 1.42 bits per heavy atom.